The van der Waals surface area contributed by atoms with Crippen molar-refractivity contribution in [1.82, 2.24) is 0 Å². The van der Waals surface area contributed by atoms with Gasteiger partial charge in [-0.25, -0.2) is 0 Å². The minimum absolute atomic E-state index is 0.227. The lowest BCUT2D eigenvalue weighted by Crippen LogP contribution is -2.19. The number of carbonyl (C=O) groups is 1. The van der Waals surface area contributed by atoms with Gasteiger partial charge in [-0.15, -0.1) is 6.58 Å². The number of anilines is 1. The highest BCUT2D eigenvalue weighted by atomic mass is 19.4. The van der Waals surface area contributed by atoms with Crippen molar-refractivity contribution in [2.45, 2.75) is 19.0 Å². The molecule has 0 aromatic heterocycles. The maximum absolute atomic E-state index is 12.8. The number of alkyl halides is 3. The van der Waals surface area contributed by atoms with Crippen molar-refractivity contribution in [3.8, 4) is 0 Å². The maximum Gasteiger partial charge on any atom is 0.417 e. The smallest absolute Gasteiger partial charge is 0.375 e. The summed E-state index contributed by atoms with van der Waals surface area (Å²) in [7, 11) is 1.72. The summed E-state index contributed by atoms with van der Waals surface area (Å²) in [6.07, 6.45) is -0.900. The average molecular weight is 271 g/mol. The van der Waals surface area contributed by atoms with Gasteiger partial charge in [-0.1, -0.05) is 6.08 Å². The molecule has 0 radical (unpaired) electrons. The first kappa shape index (κ1) is 15.3. The van der Waals surface area contributed by atoms with E-state index in [9.17, 15) is 18.0 Å². The lowest BCUT2D eigenvalue weighted by Gasteiger charge is -2.21. The Kier molecular flexibility index (Phi) is 5.15. The van der Waals surface area contributed by atoms with Crippen molar-refractivity contribution in [3.05, 3.63) is 42.0 Å². The summed E-state index contributed by atoms with van der Waals surface area (Å²) in [4.78, 5) is 12.4. The van der Waals surface area contributed by atoms with E-state index >= 15 is 0 Å². The second-order valence-corrected chi connectivity index (χ2v) is 4.24. The highest BCUT2D eigenvalue weighted by molar-refractivity contribution is 5.79. The fourth-order valence-electron chi connectivity index (χ4n) is 1.73. The molecule has 0 spiro atoms. The number of halogens is 3. The highest BCUT2D eigenvalue weighted by Crippen LogP contribution is 2.33. The zero-order valence-corrected chi connectivity index (χ0v) is 10.7. The standard InChI is InChI=1S/C14H16F3NO/c1-3-4-5-8-18(2)12-7-6-11(10-19)13(9-12)14(15,16)17/h3,6-7,9-10H,1,4-5,8H2,2H3. The second kappa shape index (κ2) is 6.41. The van der Waals surface area contributed by atoms with Crippen LogP contribution in [-0.4, -0.2) is 19.9 Å². The molecule has 1 aromatic rings. The second-order valence-electron chi connectivity index (χ2n) is 4.24. The van der Waals surface area contributed by atoms with Gasteiger partial charge in [-0.2, -0.15) is 13.2 Å². The van der Waals surface area contributed by atoms with E-state index in [-0.39, 0.29) is 11.8 Å². The Hall–Kier alpha value is -1.78. The number of unbranched alkanes of at least 4 members (excludes halogenated alkanes) is 1. The van der Waals surface area contributed by atoms with E-state index in [0.29, 0.717) is 12.2 Å². The highest BCUT2D eigenvalue weighted by Gasteiger charge is 2.33. The fourth-order valence-corrected chi connectivity index (χ4v) is 1.73. The molecule has 0 heterocycles. The summed E-state index contributed by atoms with van der Waals surface area (Å²) >= 11 is 0. The van der Waals surface area contributed by atoms with Crippen molar-refractivity contribution in [3.63, 3.8) is 0 Å². The van der Waals surface area contributed by atoms with E-state index in [0.717, 1.165) is 18.9 Å². The Morgan fingerprint density at radius 3 is 2.58 bits per heavy atom. The number of nitrogens with zero attached hydrogens (tertiary/aromatic N) is 1. The molecule has 19 heavy (non-hydrogen) atoms. The van der Waals surface area contributed by atoms with Crippen molar-refractivity contribution in [2.75, 3.05) is 18.5 Å². The molecule has 5 heteroatoms. The molecule has 0 unspecified atom stereocenters. The molecule has 0 atom stereocenters. The molecule has 0 saturated carbocycles. The van der Waals surface area contributed by atoms with Gasteiger partial charge in [0.1, 0.15) is 0 Å². The molecular formula is C14H16F3NO. The van der Waals surface area contributed by atoms with Crippen molar-refractivity contribution in [1.29, 1.82) is 0 Å². The molecular weight excluding hydrogens is 255 g/mol. The predicted octanol–water partition coefficient (Wildman–Crippen LogP) is 3.92. The Balaban J connectivity index is 2.97. The van der Waals surface area contributed by atoms with Crippen LogP contribution in [0, 0.1) is 0 Å². The number of rotatable bonds is 6. The summed E-state index contributed by atoms with van der Waals surface area (Å²) in [6.45, 7) is 4.22. The molecule has 0 saturated heterocycles. The molecule has 0 N–H and O–H groups in total. The zero-order chi connectivity index (χ0) is 14.5. The monoisotopic (exact) mass is 271 g/mol. The lowest BCUT2D eigenvalue weighted by atomic mass is 10.1. The molecule has 0 aliphatic heterocycles. The topological polar surface area (TPSA) is 20.3 Å². The SMILES string of the molecule is C=CCCCN(C)c1ccc(C=O)c(C(F)(F)F)c1. The van der Waals surface area contributed by atoms with Crippen molar-refractivity contribution in [2.24, 2.45) is 0 Å². The van der Waals surface area contributed by atoms with E-state index < -0.39 is 11.7 Å². The number of hydrogen-bond donors (Lipinski definition) is 0. The third-order valence-electron chi connectivity index (χ3n) is 2.81. The lowest BCUT2D eigenvalue weighted by molar-refractivity contribution is -0.137. The first-order valence-electron chi connectivity index (χ1n) is 5.88. The zero-order valence-electron chi connectivity index (χ0n) is 10.7. The molecule has 0 bridgehead atoms. The van der Waals surface area contributed by atoms with Gasteiger partial charge in [-0.3, -0.25) is 4.79 Å². The molecule has 2 nitrogen and oxygen atoms in total. The van der Waals surface area contributed by atoms with Gasteiger partial charge in [0.2, 0.25) is 0 Å². The van der Waals surface area contributed by atoms with E-state index in [1.54, 1.807) is 18.0 Å². The van der Waals surface area contributed by atoms with Gasteiger partial charge in [0, 0.05) is 24.8 Å². The van der Waals surface area contributed by atoms with Crippen LogP contribution in [0.3, 0.4) is 0 Å². The minimum atomic E-state index is -4.52. The maximum atomic E-state index is 12.8. The normalized spacial score (nSPS) is 11.2. The minimum Gasteiger partial charge on any atom is -0.375 e. The van der Waals surface area contributed by atoms with Gasteiger partial charge >= 0.3 is 6.18 Å². The number of aldehydes is 1. The Morgan fingerprint density at radius 1 is 1.37 bits per heavy atom. The fraction of sp³-hybridized carbons (Fsp3) is 0.357. The Labute approximate surface area is 110 Å². The van der Waals surface area contributed by atoms with Crippen LogP contribution < -0.4 is 4.90 Å². The third-order valence-corrected chi connectivity index (χ3v) is 2.81. The van der Waals surface area contributed by atoms with Crippen LogP contribution in [0.4, 0.5) is 18.9 Å². The largest absolute Gasteiger partial charge is 0.417 e. The van der Waals surface area contributed by atoms with Crippen LogP contribution in [0.1, 0.15) is 28.8 Å². The van der Waals surface area contributed by atoms with Gasteiger partial charge in [0.25, 0.3) is 0 Å². The predicted molar refractivity (Wildman–Crippen MR) is 69.5 cm³/mol. The molecule has 0 aliphatic carbocycles. The van der Waals surface area contributed by atoms with E-state index in [1.165, 1.54) is 12.1 Å². The first-order chi connectivity index (χ1) is 8.90. The number of allylic oxidation sites excluding steroid dienone is 1. The Bertz CT molecular complexity index is 454. The van der Waals surface area contributed by atoms with Gasteiger partial charge < -0.3 is 4.90 Å². The van der Waals surface area contributed by atoms with Gasteiger partial charge in [0.15, 0.2) is 6.29 Å². The summed E-state index contributed by atoms with van der Waals surface area (Å²) in [6, 6.07) is 3.74. The molecule has 0 aliphatic rings. The van der Waals surface area contributed by atoms with Crippen molar-refractivity contribution >= 4 is 12.0 Å². The Morgan fingerprint density at radius 2 is 2.05 bits per heavy atom. The van der Waals surface area contributed by atoms with Crippen LogP contribution in [-0.2, 0) is 6.18 Å². The summed E-state index contributed by atoms with van der Waals surface area (Å²) in [5, 5.41) is 0. The van der Waals surface area contributed by atoms with E-state index in [1.807, 2.05) is 0 Å². The third kappa shape index (κ3) is 4.12. The van der Waals surface area contributed by atoms with Crippen LogP contribution in [0.25, 0.3) is 0 Å². The van der Waals surface area contributed by atoms with E-state index in [2.05, 4.69) is 6.58 Å². The van der Waals surface area contributed by atoms with Crippen LogP contribution in [0.5, 0.6) is 0 Å². The van der Waals surface area contributed by atoms with Crippen LogP contribution in [0.15, 0.2) is 30.9 Å². The van der Waals surface area contributed by atoms with E-state index in [4.69, 9.17) is 0 Å². The number of carbonyl (C=O) groups excluding carboxylic acids is 1. The van der Waals surface area contributed by atoms with Crippen LogP contribution in [0.2, 0.25) is 0 Å². The number of benzene rings is 1. The summed E-state index contributed by atoms with van der Waals surface area (Å²) in [5.41, 5.74) is -0.784. The first-order valence-corrected chi connectivity index (χ1v) is 5.88. The molecule has 1 rings (SSSR count). The molecule has 1 aromatic carbocycles. The number of hydrogen-bond acceptors (Lipinski definition) is 2. The molecule has 0 fully saturated rings. The summed E-state index contributed by atoms with van der Waals surface area (Å²) in [5.74, 6) is 0. The average Bonchev–Trinajstić information content (AvgIpc) is 2.37. The van der Waals surface area contributed by atoms with Gasteiger partial charge in [-0.05, 0) is 31.0 Å². The molecule has 104 valence electrons. The molecule has 0 amide bonds. The van der Waals surface area contributed by atoms with Crippen molar-refractivity contribution < 1.29 is 18.0 Å². The summed E-state index contributed by atoms with van der Waals surface area (Å²) < 4.78 is 38.4. The quantitative estimate of drug-likeness (QED) is 0.444. The van der Waals surface area contributed by atoms with Gasteiger partial charge in [0.05, 0.1) is 5.56 Å². The van der Waals surface area contributed by atoms with Crippen LogP contribution >= 0.6 is 0 Å².